The van der Waals surface area contributed by atoms with Gasteiger partial charge in [-0.05, 0) is 6.07 Å². The van der Waals surface area contributed by atoms with Gasteiger partial charge in [0.1, 0.15) is 5.82 Å². The largest absolute Gasteiger partial charge is 0.351 e. The SMILES string of the molecule is NS(=O)(=O)CCNC(=O)c1cc([N+](=O)[O-])ccc1F. The first-order chi connectivity index (χ1) is 8.70. The predicted octanol–water partition coefficient (Wildman–Crippen LogP) is -0.248. The number of sulfonamides is 1. The number of carbonyl (C=O) groups excluding carboxylic acids is 1. The van der Waals surface area contributed by atoms with Crippen LogP contribution in [0.1, 0.15) is 10.4 Å². The van der Waals surface area contributed by atoms with Crippen molar-refractivity contribution < 1.29 is 22.5 Å². The molecule has 10 heteroatoms. The van der Waals surface area contributed by atoms with E-state index in [1.165, 1.54) is 0 Å². The second-order valence-corrected chi connectivity index (χ2v) is 5.28. The highest BCUT2D eigenvalue weighted by Crippen LogP contribution is 2.16. The molecule has 0 saturated heterocycles. The van der Waals surface area contributed by atoms with E-state index in [9.17, 15) is 27.7 Å². The standard InChI is InChI=1S/C9H10FN3O5S/c10-8-2-1-6(13(15)16)5-7(8)9(14)12-3-4-19(11,17)18/h1-2,5H,3-4H2,(H,12,14)(H2,11,17,18). The second kappa shape index (κ2) is 5.71. The number of nitrogens with one attached hydrogen (secondary N) is 1. The van der Waals surface area contributed by atoms with Gasteiger partial charge in [-0.2, -0.15) is 0 Å². The van der Waals surface area contributed by atoms with E-state index in [4.69, 9.17) is 5.14 Å². The Morgan fingerprint density at radius 3 is 2.63 bits per heavy atom. The molecule has 0 radical (unpaired) electrons. The molecule has 104 valence electrons. The highest BCUT2D eigenvalue weighted by Gasteiger charge is 2.17. The molecule has 0 spiro atoms. The fourth-order valence-corrected chi connectivity index (χ4v) is 1.59. The molecule has 1 aromatic carbocycles. The van der Waals surface area contributed by atoms with Crippen molar-refractivity contribution in [2.24, 2.45) is 5.14 Å². The van der Waals surface area contributed by atoms with Gasteiger partial charge in [0, 0.05) is 18.7 Å². The van der Waals surface area contributed by atoms with Crippen molar-refractivity contribution in [2.75, 3.05) is 12.3 Å². The molecule has 1 aromatic rings. The first-order valence-electron chi connectivity index (χ1n) is 4.93. The first-order valence-corrected chi connectivity index (χ1v) is 6.65. The summed E-state index contributed by atoms with van der Waals surface area (Å²) in [4.78, 5) is 21.2. The van der Waals surface area contributed by atoms with E-state index in [2.05, 4.69) is 5.32 Å². The van der Waals surface area contributed by atoms with E-state index in [-0.39, 0.29) is 6.54 Å². The Bertz CT molecular complexity index is 616. The summed E-state index contributed by atoms with van der Waals surface area (Å²) in [6, 6.07) is 2.46. The van der Waals surface area contributed by atoms with Gasteiger partial charge in [-0.3, -0.25) is 14.9 Å². The van der Waals surface area contributed by atoms with Crippen molar-refractivity contribution in [1.82, 2.24) is 5.32 Å². The maximum absolute atomic E-state index is 13.3. The van der Waals surface area contributed by atoms with Gasteiger partial charge in [0.05, 0.1) is 16.2 Å². The zero-order chi connectivity index (χ0) is 14.6. The number of rotatable bonds is 5. The third-order valence-corrected chi connectivity index (χ3v) is 2.85. The minimum atomic E-state index is -3.75. The van der Waals surface area contributed by atoms with Crippen molar-refractivity contribution in [3.63, 3.8) is 0 Å². The Balaban J connectivity index is 2.82. The van der Waals surface area contributed by atoms with Gasteiger partial charge in [-0.1, -0.05) is 0 Å². The van der Waals surface area contributed by atoms with Gasteiger partial charge >= 0.3 is 0 Å². The van der Waals surface area contributed by atoms with E-state index >= 15 is 0 Å². The fraction of sp³-hybridized carbons (Fsp3) is 0.222. The summed E-state index contributed by atoms with van der Waals surface area (Å²) in [6.45, 7) is -0.320. The number of hydrogen-bond donors (Lipinski definition) is 2. The number of hydrogen-bond acceptors (Lipinski definition) is 5. The minimum absolute atomic E-state index is 0.320. The number of carbonyl (C=O) groups is 1. The summed E-state index contributed by atoms with van der Waals surface area (Å²) >= 11 is 0. The number of nitrogens with two attached hydrogens (primary N) is 1. The van der Waals surface area contributed by atoms with Crippen LogP contribution in [-0.4, -0.2) is 31.5 Å². The Morgan fingerprint density at radius 1 is 1.47 bits per heavy atom. The van der Waals surface area contributed by atoms with Gasteiger partial charge in [0.15, 0.2) is 0 Å². The molecule has 0 atom stereocenters. The van der Waals surface area contributed by atoms with Crippen molar-refractivity contribution in [2.45, 2.75) is 0 Å². The normalized spacial score (nSPS) is 11.1. The Labute approximate surface area is 107 Å². The van der Waals surface area contributed by atoms with Crippen LogP contribution in [0.25, 0.3) is 0 Å². The summed E-state index contributed by atoms with van der Waals surface area (Å²) in [5.74, 6) is -2.42. The molecule has 0 aliphatic carbocycles. The molecule has 1 amide bonds. The average molecular weight is 291 g/mol. The Morgan fingerprint density at radius 2 is 2.11 bits per heavy atom. The molecule has 0 aliphatic rings. The van der Waals surface area contributed by atoms with Crippen molar-refractivity contribution >= 4 is 21.6 Å². The zero-order valence-corrected chi connectivity index (χ0v) is 10.3. The van der Waals surface area contributed by atoms with Crippen LogP contribution >= 0.6 is 0 Å². The van der Waals surface area contributed by atoms with E-state index in [0.717, 1.165) is 18.2 Å². The molecule has 0 aromatic heterocycles. The topological polar surface area (TPSA) is 132 Å². The van der Waals surface area contributed by atoms with Crippen LogP contribution in [0.15, 0.2) is 18.2 Å². The number of nitro benzene ring substituents is 1. The van der Waals surface area contributed by atoms with Gasteiger partial charge in [0.25, 0.3) is 11.6 Å². The lowest BCUT2D eigenvalue weighted by Gasteiger charge is -2.05. The smallest absolute Gasteiger partial charge is 0.270 e. The second-order valence-electron chi connectivity index (χ2n) is 3.54. The first kappa shape index (κ1) is 15.0. The third kappa shape index (κ3) is 4.60. The summed E-state index contributed by atoms with van der Waals surface area (Å²) in [5, 5.41) is 17.3. The molecule has 0 saturated carbocycles. The minimum Gasteiger partial charge on any atom is -0.351 e. The molecule has 0 heterocycles. The van der Waals surface area contributed by atoms with Crippen LogP contribution in [0.2, 0.25) is 0 Å². The van der Waals surface area contributed by atoms with E-state index in [1.807, 2.05) is 0 Å². The summed E-state index contributed by atoms with van der Waals surface area (Å²) < 4.78 is 34.6. The number of primary sulfonamides is 1. The van der Waals surface area contributed by atoms with Crippen LogP contribution in [0.3, 0.4) is 0 Å². The van der Waals surface area contributed by atoms with Crippen molar-refractivity contribution in [1.29, 1.82) is 0 Å². The number of amides is 1. The summed E-state index contributed by atoms with van der Waals surface area (Å²) in [6.07, 6.45) is 0. The number of nitro groups is 1. The van der Waals surface area contributed by atoms with Crippen molar-refractivity contribution in [3.8, 4) is 0 Å². The fourth-order valence-electron chi connectivity index (χ4n) is 1.20. The van der Waals surface area contributed by atoms with Gasteiger partial charge < -0.3 is 5.32 Å². The van der Waals surface area contributed by atoms with Crippen LogP contribution in [0.4, 0.5) is 10.1 Å². The maximum Gasteiger partial charge on any atom is 0.270 e. The Hall–Kier alpha value is -2.07. The lowest BCUT2D eigenvalue weighted by Crippen LogP contribution is -2.31. The van der Waals surface area contributed by atoms with Crippen LogP contribution in [-0.2, 0) is 10.0 Å². The highest BCUT2D eigenvalue weighted by molar-refractivity contribution is 7.89. The van der Waals surface area contributed by atoms with Gasteiger partial charge in [-0.15, -0.1) is 0 Å². The molecule has 3 N–H and O–H groups in total. The number of halogens is 1. The van der Waals surface area contributed by atoms with Crippen LogP contribution < -0.4 is 10.5 Å². The molecule has 0 bridgehead atoms. The quantitative estimate of drug-likeness (QED) is 0.570. The molecular formula is C9H10FN3O5S. The van der Waals surface area contributed by atoms with E-state index < -0.39 is 43.7 Å². The zero-order valence-electron chi connectivity index (χ0n) is 9.50. The van der Waals surface area contributed by atoms with Crippen LogP contribution in [0.5, 0.6) is 0 Å². The van der Waals surface area contributed by atoms with Gasteiger partial charge in [0.2, 0.25) is 10.0 Å². The van der Waals surface area contributed by atoms with E-state index in [1.54, 1.807) is 0 Å². The summed E-state index contributed by atoms with van der Waals surface area (Å²) in [5.41, 5.74) is -0.985. The lowest BCUT2D eigenvalue weighted by atomic mass is 10.2. The molecule has 0 aliphatic heterocycles. The average Bonchev–Trinajstić information content (AvgIpc) is 2.27. The molecular weight excluding hydrogens is 281 g/mol. The number of nitrogens with zero attached hydrogens (tertiary/aromatic N) is 1. The Kier molecular flexibility index (Phi) is 4.51. The molecule has 8 nitrogen and oxygen atoms in total. The molecule has 19 heavy (non-hydrogen) atoms. The molecule has 0 unspecified atom stereocenters. The molecule has 0 fully saturated rings. The lowest BCUT2D eigenvalue weighted by molar-refractivity contribution is -0.384. The van der Waals surface area contributed by atoms with Crippen molar-refractivity contribution in [3.05, 3.63) is 39.7 Å². The highest BCUT2D eigenvalue weighted by atomic mass is 32.2. The number of non-ortho nitro benzene ring substituents is 1. The van der Waals surface area contributed by atoms with Gasteiger partial charge in [-0.25, -0.2) is 17.9 Å². The predicted molar refractivity (Wildman–Crippen MR) is 63.4 cm³/mol. The van der Waals surface area contributed by atoms with Crippen LogP contribution in [0, 0.1) is 15.9 Å². The monoisotopic (exact) mass is 291 g/mol. The van der Waals surface area contributed by atoms with E-state index in [0.29, 0.717) is 0 Å². The molecule has 1 rings (SSSR count). The third-order valence-electron chi connectivity index (χ3n) is 2.08. The number of benzene rings is 1. The maximum atomic E-state index is 13.3. The summed E-state index contributed by atoms with van der Waals surface area (Å²) in [7, 11) is -3.75.